The van der Waals surface area contributed by atoms with Gasteiger partial charge in [0.1, 0.15) is 11.6 Å². The Labute approximate surface area is 139 Å². The molecule has 0 saturated carbocycles. The topological polar surface area (TPSA) is 49.4 Å². The van der Waals surface area contributed by atoms with Gasteiger partial charge in [0.2, 0.25) is 11.8 Å². The zero-order chi connectivity index (χ0) is 17.5. The Morgan fingerprint density at radius 2 is 1.79 bits per heavy atom. The molecule has 6 heteroatoms. The minimum absolute atomic E-state index is 0.0128. The summed E-state index contributed by atoms with van der Waals surface area (Å²) in [5, 5.41) is 2.69. The lowest BCUT2D eigenvalue weighted by Gasteiger charge is -2.22. The second-order valence-electron chi connectivity index (χ2n) is 5.28. The van der Waals surface area contributed by atoms with Crippen LogP contribution in [0.1, 0.15) is 12.5 Å². The predicted molar refractivity (Wildman–Crippen MR) is 87.5 cm³/mol. The molecule has 0 aliphatic heterocycles. The van der Waals surface area contributed by atoms with Gasteiger partial charge < -0.3 is 10.2 Å². The van der Waals surface area contributed by atoms with E-state index >= 15 is 0 Å². The predicted octanol–water partition coefficient (Wildman–Crippen LogP) is 2.68. The van der Waals surface area contributed by atoms with Gasteiger partial charge in [-0.3, -0.25) is 9.59 Å². The van der Waals surface area contributed by atoms with Gasteiger partial charge in [-0.1, -0.05) is 30.3 Å². The Kier molecular flexibility index (Phi) is 6.01. The Bertz CT molecular complexity index is 720. The van der Waals surface area contributed by atoms with Crippen LogP contribution in [0, 0.1) is 11.6 Å². The molecule has 0 aromatic heterocycles. The number of anilines is 1. The van der Waals surface area contributed by atoms with Gasteiger partial charge in [0, 0.05) is 26.1 Å². The highest BCUT2D eigenvalue weighted by Gasteiger charge is 2.16. The van der Waals surface area contributed by atoms with Gasteiger partial charge >= 0.3 is 0 Å². The number of rotatable bonds is 6. The van der Waals surface area contributed by atoms with Crippen LogP contribution in [0.2, 0.25) is 0 Å². The van der Waals surface area contributed by atoms with E-state index in [1.54, 1.807) is 0 Å². The highest BCUT2D eigenvalue weighted by atomic mass is 19.1. The van der Waals surface area contributed by atoms with Crippen LogP contribution in [0.15, 0.2) is 48.5 Å². The van der Waals surface area contributed by atoms with Gasteiger partial charge in [-0.25, -0.2) is 8.78 Å². The Balaban J connectivity index is 1.92. The molecule has 0 spiro atoms. The lowest BCUT2D eigenvalue weighted by atomic mass is 10.1. The van der Waals surface area contributed by atoms with Crippen molar-refractivity contribution in [1.29, 1.82) is 0 Å². The second-order valence-corrected chi connectivity index (χ2v) is 5.28. The summed E-state index contributed by atoms with van der Waals surface area (Å²) in [6.07, 6.45) is 0.228. The SMILES string of the molecule is CC(=O)N(CCNC(=O)Cc1ccccc1)c1ccc(F)cc1F. The number of hydrogen-bond acceptors (Lipinski definition) is 2. The largest absolute Gasteiger partial charge is 0.354 e. The lowest BCUT2D eigenvalue weighted by molar-refractivity contribution is -0.121. The van der Waals surface area contributed by atoms with Crippen molar-refractivity contribution in [3.63, 3.8) is 0 Å². The third-order valence-corrected chi connectivity index (χ3v) is 3.45. The maximum Gasteiger partial charge on any atom is 0.224 e. The van der Waals surface area contributed by atoms with Gasteiger partial charge in [0.05, 0.1) is 12.1 Å². The van der Waals surface area contributed by atoms with Crippen molar-refractivity contribution in [2.45, 2.75) is 13.3 Å². The van der Waals surface area contributed by atoms with E-state index in [4.69, 9.17) is 0 Å². The number of carbonyl (C=O) groups is 2. The van der Waals surface area contributed by atoms with E-state index in [0.29, 0.717) is 0 Å². The standard InChI is InChI=1S/C18H18F2N2O2/c1-13(23)22(17-8-7-15(19)12-16(17)20)10-9-21-18(24)11-14-5-3-2-4-6-14/h2-8,12H,9-11H2,1H3,(H,21,24). The molecule has 24 heavy (non-hydrogen) atoms. The summed E-state index contributed by atoms with van der Waals surface area (Å²) in [6, 6.07) is 12.3. The molecule has 4 nitrogen and oxygen atoms in total. The molecule has 2 amide bonds. The van der Waals surface area contributed by atoms with Crippen LogP contribution in [0.5, 0.6) is 0 Å². The minimum Gasteiger partial charge on any atom is -0.354 e. The van der Waals surface area contributed by atoms with Crippen LogP contribution in [0.25, 0.3) is 0 Å². The van der Waals surface area contributed by atoms with Crippen molar-refractivity contribution < 1.29 is 18.4 Å². The fourth-order valence-electron chi connectivity index (χ4n) is 2.30. The number of nitrogens with zero attached hydrogens (tertiary/aromatic N) is 1. The Morgan fingerprint density at radius 3 is 2.42 bits per heavy atom. The van der Waals surface area contributed by atoms with E-state index in [1.807, 2.05) is 30.3 Å². The molecule has 2 rings (SSSR count). The average molecular weight is 332 g/mol. The second kappa shape index (κ2) is 8.19. The summed E-state index contributed by atoms with van der Waals surface area (Å²) in [5.41, 5.74) is 0.865. The van der Waals surface area contributed by atoms with Crippen LogP contribution >= 0.6 is 0 Å². The lowest BCUT2D eigenvalue weighted by Crippen LogP contribution is -2.38. The first kappa shape index (κ1) is 17.6. The van der Waals surface area contributed by atoms with Gasteiger partial charge in [0.25, 0.3) is 0 Å². The van der Waals surface area contributed by atoms with E-state index in [0.717, 1.165) is 22.6 Å². The fourth-order valence-corrected chi connectivity index (χ4v) is 2.30. The molecule has 1 N–H and O–H groups in total. The van der Waals surface area contributed by atoms with Crippen LogP contribution in [0.4, 0.5) is 14.5 Å². The van der Waals surface area contributed by atoms with Crippen molar-refractivity contribution >= 4 is 17.5 Å². The van der Waals surface area contributed by atoms with Gasteiger partial charge in [-0.2, -0.15) is 0 Å². The number of benzene rings is 2. The van der Waals surface area contributed by atoms with Crippen LogP contribution in [-0.2, 0) is 16.0 Å². The summed E-state index contributed by atoms with van der Waals surface area (Å²) >= 11 is 0. The molecule has 0 heterocycles. The minimum atomic E-state index is -0.819. The van der Waals surface area contributed by atoms with Crippen molar-refractivity contribution in [2.75, 3.05) is 18.0 Å². The van der Waals surface area contributed by atoms with Crippen LogP contribution < -0.4 is 10.2 Å². The van der Waals surface area contributed by atoms with Gasteiger partial charge in [0.15, 0.2) is 0 Å². The summed E-state index contributed by atoms with van der Waals surface area (Å²) in [4.78, 5) is 24.7. The smallest absolute Gasteiger partial charge is 0.224 e. The molecular weight excluding hydrogens is 314 g/mol. The van der Waals surface area contributed by atoms with E-state index in [1.165, 1.54) is 13.0 Å². The zero-order valence-corrected chi connectivity index (χ0v) is 13.3. The molecular formula is C18H18F2N2O2. The fraction of sp³-hybridized carbons (Fsp3) is 0.222. The van der Waals surface area contributed by atoms with Crippen LogP contribution in [0.3, 0.4) is 0 Å². The molecule has 0 unspecified atom stereocenters. The first-order chi connectivity index (χ1) is 11.5. The number of hydrogen-bond donors (Lipinski definition) is 1. The van der Waals surface area contributed by atoms with Crippen molar-refractivity contribution in [2.24, 2.45) is 0 Å². The molecule has 0 saturated heterocycles. The average Bonchev–Trinajstić information content (AvgIpc) is 2.53. The highest BCUT2D eigenvalue weighted by molar-refractivity contribution is 5.91. The molecule has 0 aliphatic carbocycles. The number of halogens is 2. The van der Waals surface area contributed by atoms with Crippen LogP contribution in [-0.4, -0.2) is 24.9 Å². The first-order valence-electron chi connectivity index (χ1n) is 7.51. The summed E-state index contributed by atoms with van der Waals surface area (Å²) < 4.78 is 26.8. The maximum atomic E-state index is 13.8. The molecule has 2 aromatic rings. The van der Waals surface area contributed by atoms with Crippen molar-refractivity contribution in [3.8, 4) is 0 Å². The Morgan fingerprint density at radius 1 is 1.08 bits per heavy atom. The quantitative estimate of drug-likeness (QED) is 0.884. The number of nitrogens with one attached hydrogen (secondary N) is 1. The normalized spacial score (nSPS) is 10.3. The van der Waals surface area contributed by atoms with E-state index < -0.39 is 17.5 Å². The van der Waals surface area contributed by atoms with E-state index in [9.17, 15) is 18.4 Å². The van der Waals surface area contributed by atoms with Crippen molar-refractivity contribution in [1.82, 2.24) is 5.32 Å². The zero-order valence-electron chi connectivity index (χ0n) is 13.3. The molecule has 0 bridgehead atoms. The monoisotopic (exact) mass is 332 g/mol. The third-order valence-electron chi connectivity index (χ3n) is 3.45. The van der Waals surface area contributed by atoms with Gasteiger partial charge in [-0.05, 0) is 17.7 Å². The molecule has 126 valence electrons. The summed E-state index contributed by atoms with van der Waals surface area (Å²) in [6.45, 7) is 1.55. The molecule has 0 radical (unpaired) electrons. The number of carbonyl (C=O) groups excluding carboxylic acids is 2. The van der Waals surface area contributed by atoms with Gasteiger partial charge in [-0.15, -0.1) is 0 Å². The highest BCUT2D eigenvalue weighted by Crippen LogP contribution is 2.20. The summed E-state index contributed by atoms with van der Waals surface area (Å²) in [5.74, 6) is -2.11. The third kappa shape index (κ3) is 4.87. The van der Waals surface area contributed by atoms with Crippen molar-refractivity contribution in [3.05, 3.63) is 65.7 Å². The van der Waals surface area contributed by atoms with E-state index in [2.05, 4.69) is 5.32 Å². The molecule has 0 atom stereocenters. The number of amides is 2. The molecule has 0 aliphatic rings. The molecule has 2 aromatic carbocycles. The first-order valence-corrected chi connectivity index (χ1v) is 7.51. The molecule has 0 fully saturated rings. The Hall–Kier alpha value is -2.76. The summed E-state index contributed by atoms with van der Waals surface area (Å²) in [7, 11) is 0. The maximum absolute atomic E-state index is 13.8. The van der Waals surface area contributed by atoms with E-state index in [-0.39, 0.29) is 31.1 Å².